The maximum Gasteiger partial charge on any atom is 0.367 e. The van der Waals surface area contributed by atoms with Crippen molar-refractivity contribution in [1.29, 1.82) is 0 Å². The fourth-order valence-electron chi connectivity index (χ4n) is 5.24. The quantitative estimate of drug-likeness (QED) is 0.448. The molecular weight excluding hydrogens is 300 g/mol. The molecule has 0 spiro atoms. The van der Waals surface area contributed by atoms with Crippen LogP contribution in [0.25, 0.3) is 0 Å². The lowest BCUT2D eigenvalue weighted by atomic mass is 9.73. The van der Waals surface area contributed by atoms with Crippen LogP contribution in [-0.4, -0.2) is 37.7 Å². The minimum Gasteiger partial charge on any atom is -0.450 e. The second kappa shape index (κ2) is 6.54. The Bertz CT molecular complexity index is 446. The average molecular weight is 326 g/mol. The summed E-state index contributed by atoms with van der Waals surface area (Å²) in [6, 6.07) is 0. The Balaban J connectivity index is 1.82. The van der Waals surface area contributed by atoms with Crippen molar-refractivity contribution in [3.63, 3.8) is 0 Å². The summed E-state index contributed by atoms with van der Waals surface area (Å²) in [6.45, 7) is 0. The third-order valence-electron chi connectivity index (χ3n) is 5.98. The number of hydrogen-bond acceptors (Lipinski definition) is 5. The molecular formula is C17H26O4S. The monoisotopic (exact) mass is 326 g/mol. The maximum atomic E-state index is 11.6. The van der Waals surface area contributed by atoms with Crippen LogP contribution < -0.4 is 0 Å². The van der Waals surface area contributed by atoms with Crippen LogP contribution in [0.3, 0.4) is 0 Å². The van der Waals surface area contributed by atoms with Gasteiger partial charge in [0, 0.05) is 26.1 Å². The normalized spacial score (nSPS) is 40.6. The number of allylic oxidation sites excluding steroid dienone is 1. The van der Waals surface area contributed by atoms with Crippen LogP contribution in [0.5, 0.6) is 0 Å². The highest BCUT2D eigenvalue weighted by Gasteiger charge is 2.64. The molecule has 0 radical (unpaired) electrons. The van der Waals surface area contributed by atoms with Crippen LogP contribution in [0.4, 0.5) is 4.79 Å². The number of rotatable bonds is 3. The van der Waals surface area contributed by atoms with Gasteiger partial charge in [0.2, 0.25) is 0 Å². The van der Waals surface area contributed by atoms with E-state index in [0.717, 1.165) is 31.0 Å². The van der Waals surface area contributed by atoms with Gasteiger partial charge in [-0.1, -0.05) is 6.08 Å². The molecule has 0 saturated heterocycles. The zero-order valence-electron chi connectivity index (χ0n) is 13.6. The van der Waals surface area contributed by atoms with E-state index in [0.29, 0.717) is 23.7 Å². The first-order chi connectivity index (χ1) is 10.7. The topological polar surface area (TPSA) is 44.8 Å². The van der Waals surface area contributed by atoms with E-state index in [4.69, 9.17) is 14.2 Å². The second-order valence-electron chi connectivity index (χ2n) is 6.60. The maximum absolute atomic E-state index is 11.6. The molecule has 3 aliphatic carbocycles. The largest absolute Gasteiger partial charge is 0.450 e. The molecule has 0 N–H and O–H groups in total. The number of carbonyl (C=O) groups is 1. The van der Waals surface area contributed by atoms with E-state index < -0.39 is 5.79 Å². The summed E-state index contributed by atoms with van der Waals surface area (Å²) in [6.07, 6.45) is 11.3. The Kier molecular flexibility index (Phi) is 4.86. The predicted octanol–water partition coefficient (Wildman–Crippen LogP) is 3.86. The Morgan fingerprint density at radius 1 is 1.14 bits per heavy atom. The van der Waals surface area contributed by atoms with Crippen molar-refractivity contribution in [1.82, 2.24) is 0 Å². The van der Waals surface area contributed by atoms with E-state index in [2.05, 4.69) is 12.2 Å². The minimum absolute atomic E-state index is 0.112. The molecule has 5 heteroatoms. The van der Waals surface area contributed by atoms with E-state index >= 15 is 0 Å². The number of carbonyl (C=O) groups excluding carboxylic acids is 1. The van der Waals surface area contributed by atoms with Gasteiger partial charge in [-0.25, -0.2) is 4.79 Å². The molecule has 3 aliphatic rings. The lowest BCUT2D eigenvalue weighted by molar-refractivity contribution is -0.239. The van der Waals surface area contributed by atoms with Gasteiger partial charge in [0.1, 0.15) is 6.10 Å². The highest BCUT2D eigenvalue weighted by Crippen LogP contribution is 2.62. The van der Waals surface area contributed by atoms with Gasteiger partial charge in [-0.3, -0.25) is 0 Å². The molecule has 3 rings (SSSR count). The molecule has 22 heavy (non-hydrogen) atoms. The summed E-state index contributed by atoms with van der Waals surface area (Å²) >= 11 is 1.14. The van der Waals surface area contributed by atoms with Crippen molar-refractivity contribution in [3.8, 4) is 0 Å². The van der Waals surface area contributed by atoms with Gasteiger partial charge in [-0.15, -0.1) is 0 Å². The van der Waals surface area contributed by atoms with Crippen molar-refractivity contribution in [2.45, 2.75) is 44.0 Å². The molecule has 0 amide bonds. The average Bonchev–Trinajstić information content (AvgIpc) is 2.99. The molecule has 2 bridgehead atoms. The lowest BCUT2D eigenvalue weighted by Gasteiger charge is -2.33. The van der Waals surface area contributed by atoms with Crippen molar-refractivity contribution in [2.24, 2.45) is 23.7 Å². The Hall–Kier alpha value is -0.520. The van der Waals surface area contributed by atoms with Crippen LogP contribution >= 0.6 is 11.8 Å². The third-order valence-corrected chi connectivity index (χ3v) is 6.41. The molecule has 124 valence electrons. The summed E-state index contributed by atoms with van der Waals surface area (Å²) in [5.41, 5.74) is 0. The fraction of sp³-hybridized carbons (Fsp3) is 0.824. The first kappa shape index (κ1) is 16.3. The summed E-state index contributed by atoms with van der Waals surface area (Å²) in [4.78, 5) is 11.6. The molecule has 0 aliphatic heterocycles. The summed E-state index contributed by atoms with van der Waals surface area (Å²) in [7, 11) is 3.55. The van der Waals surface area contributed by atoms with Gasteiger partial charge in [-0.2, -0.15) is 0 Å². The summed E-state index contributed by atoms with van der Waals surface area (Å²) in [5.74, 6) is 1.59. The van der Waals surface area contributed by atoms with Gasteiger partial charge < -0.3 is 14.2 Å². The van der Waals surface area contributed by atoms with Crippen molar-refractivity contribution < 1.29 is 19.0 Å². The Labute approximate surface area is 136 Å². The first-order valence-electron chi connectivity index (χ1n) is 8.17. The van der Waals surface area contributed by atoms with E-state index in [1.165, 1.54) is 12.8 Å². The highest BCUT2D eigenvalue weighted by molar-refractivity contribution is 8.12. The SMILES string of the molecule is COC1(OC)C2CCC1C1CC(OC(=O)SC)/C=C/CCC12. The van der Waals surface area contributed by atoms with E-state index in [1.807, 2.05) is 0 Å². The van der Waals surface area contributed by atoms with Crippen LogP contribution in [0, 0.1) is 23.7 Å². The number of thioether (sulfide) groups is 1. The number of fused-ring (bicyclic) bond motifs is 5. The molecule has 5 atom stereocenters. The van der Waals surface area contributed by atoms with Gasteiger partial charge in [0.25, 0.3) is 0 Å². The molecule has 2 fully saturated rings. The smallest absolute Gasteiger partial charge is 0.367 e. The van der Waals surface area contributed by atoms with Crippen molar-refractivity contribution >= 4 is 17.1 Å². The van der Waals surface area contributed by atoms with Gasteiger partial charge >= 0.3 is 5.30 Å². The molecule has 0 aromatic heterocycles. The molecule has 0 heterocycles. The van der Waals surface area contributed by atoms with Crippen LogP contribution in [0.15, 0.2) is 12.2 Å². The van der Waals surface area contributed by atoms with Gasteiger partial charge in [0.15, 0.2) is 5.79 Å². The number of hydrogen-bond donors (Lipinski definition) is 0. The standard InChI is InChI=1S/C17H26O4S/c1-19-17(20-2)14-8-9-15(17)13-10-11(21-16(18)22-3)6-4-5-7-12(13)14/h4,6,11-15H,5,7-10H2,1-3H3/b6-4+. The van der Waals surface area contributed by atoms with E-state index in [-0.39, 0.29) is 11.4 Å². The Morgan fingerprint density at radius 2 is 1.82 bits per heavy atom. The van der Waals surface area contributed by atoms with E-state index in [1.54, 1.807) is 20.5 Å². The highest BCUT2D eigenvalue weighted by atomic mass is 32.2. The molecule has 0 aromatic carbocycles. The van der Waals surface area contributed by atoms with Crippen LogP contribution in [0.2, 0.25) is 0 Å². The van der Waals surface area contributed by atoms with Gasteiger partial charge in [0.05, 0.1) is 0 Å². The second-order valence-corrected chi connectivity index (χ2v) is 7.34. The third kappa shape index (κ3) is 2.51. The van der Waals surface area contributed by atoms with E-state index in [9.17, 15) is 4.79 Å². The number of methoxy groups -OCH3 is 2. The molecule has 4 nitrogen and oxygen atoms in total. The first-order valence-corrected chi connectivity index (χ1v) is 9.40. The summed E-state index contributed by atoms with van der Waals surface area (Å²) in [5, 5.41) is -0.195. The fourth-order valence-corrected chi connectivity index (χ4v) is 5.46. The zero-order valence-corrected chi connectivity index (χ0v) is 14.4. The Morgan fingerprint density at radius 3 is 2.45 bits per heavy atom. The summed E-state index contributed by atoms with van der Waals surface area (Å²) < 4.78 is 17.4. The molecule has 2 saturated carbocycles. The minimum atomic E-state index is -0.423. The van der Waals surface area contributed by atoms with Crippen molar-refractivity contribution in [2.75, 3.05) is 20.5 Å². The van der Waals surface area contributed by atoms with Gasteiger partial charge in [-0.05, 0) is 68.0 Å². The predicted molar refractivity (Wildman–Crippen MR) is 86.7 cm³/mol. The molecule has 5 unspecified atom stereocenters. The van der Waals surface area contributed by atoms with Crippen molar-refractivity contribution in [3.05, 3.63) is 12.2 Å². The zero-order chi connectivity index (χ0) is 15.7. The van der Waals surface area contributed by atoms with Crippen LogP contribution in [-0.2, 0) is 14.2 Å². The van der Waals surface area contributed by atoms with Crippen LogP contribution in [0.1, 0.15) is 32.1 Å². The molecule has 0 aromatic rings. The number of ether oxygens (including phenoxy) is 3. The lowest BCUT2D eigenvalue weighted by Crippen LogP contribution is -2.40.